The minimum Gasteiger partial charge on any atom is -0.457 e. The van der Waals surface area contributed by atoms with Crippen molar-refractivity contribution in [2.75, 3.05) is 6.61 Å². The molecule has 144 valence electrons. The van der Waals surface area contributed by atoms with Crippen LogP contribution in [0.4, 0.5) is 0 Å². The van der Waals surface area contributed by atoms with Crippen LogP contribution in [-0.2, 0) is 37.0 Å². The highest BCUT2D eigenvalue weighted by Crippen LogP contribution is 2.24. The van der Waals surface area contributed by atoms with Crippen LogP contribution in [-0.4, -0.2) is 42.3 Å². The van der Waals surface area contributed by atoms with Gasteiger partial charge in [0.25, 0.3) is 0 Å². The van der Waals surface area contributed by atoms with Gasteiger partial charge < -0.3 is 24.1 Å². The zero-order valence-corrected chi connectivity index (χ0v) is 15.2. The molecule has 1 heterocycles. The van der Waals surface area contributed by atoms with Gasteiger partial charge in [0, 0.05) is 6.92 Å². The van der Waals surface area contributed by atoms with Crippen molar-refractivity contribution in [3.63, 3.8) is 0 Å². The average molecular weight is 372 g/mol. The van der Waals surface area contributed by atoms with E-state index in [0.717, 1.165) is 11.1 Å². The summed E-state index contributed by atoms with van der Waals surface area (Å²) in [5.74, 6) is -0.462. The molecule has 0 spiro atoms. The monoisotopic (exact) mass is 372 g/mol. The lowest BCUT2D eigenvalue weighted by atomic mass is 10.0. The second kappa shape index (κ2) is 9.62. The first-order valence-corrected chi connectivity index (χ1v) is 8.91. The van der Waals surface area contributed by atoms with Crippen LogP contribution >= 0.6 is 0 Å². The van der Waals surface area contributed by atoms with Crippen LogP contribution in [0, 0.1) is 0 Å². The number of hydrogen-bond acceptors (Lipinski definition) is 6. The minimum absolute atomic E-state index is 0.108. The van der Waals surface area contributed by atoms with Crippen LogP contribution in [0.25, 0.3) is 0 Å². The largest absolute Gasteiger partial charge is 0.457 e. The molecule has 1 saturated heterocycles. The normalized spacial score (nSPS) is 25.1. The molecule has 0 unspecified atom stereocenters. The van der Waals surface area contributed by atoms with Gasteiger partial charge in [-0.1, -0.05) is 60.7 Å². The molecular formula is C21H24O6. The van der Waals surface area contributed by atoms with Gasteiger partial charge in [-0.25, -0.2) is 0 Å². The van der Waals surface area contributed by atoms with Crippen molar-refractivity contribution in [3.8, 4) is 0 Å². The van der Waals surface area contributed by atoms with Crippen LogP contribution in [0.2, 0.25) is 0 Å². The number of esters is 1. The van der Waals surface area contributed by atoms with Crippen LogP contribution in [0.5, 0.6) is 0 Å². The molecule has 0 saturated carbocycles. The van der Waals surface area contributed by atoms with Gasteiger partial charge in [-0.2, -0.15) is 0 Å². The Balaban J connectivity index is 1.68. The third kappa shape index (κ3) is 5.61. The first-order valence-electron chi connectivity index (χ1n) is 8.91. The summed E-state index contributed by atoms with van der Waals surface area (Å²) in [6.45, 7) is 2.03. The molecule has 2 aromatic rings. The fourth-order valence-electron chi connectivity index (χ4n) is 2.96. The molecule has 0 bridgehead atoms. The summed E-state index contributed by atoms with van der Waals surface area (Å²) < 4.78 is 22.6. The highest BCUT2D eigenvalue weighted by atomic mass is 16.7. The van der Waals surface area contributed by atoms with E-state index in [-0.39, 0.29) is 13.2 Å². The molecule has 4 atom stereocenters. The summed E-state index contributed by atoms with van der Waals surface area (Å²) >= 11 is 0. The molecule has 1 N–H and O–H groups in total. The minimum atomic E-state index is -1.20. The lowest BCUT2D eigenvalue weighted by molar-refractivity contribution is -0.279. The predicted molar refractivity (Wildman–Crippen MR) is 97.6 cm³/mol. The topological polar surface area (TPSA) is 74.2 Å². The Bertz CT molecular complexity index is 705. The third-order valence-electron chi connectivity index (χ3n) is 4.30. The first kappa shape index (κ1) is 19.5. The molecule has 2 aromatic carbocycles. The second-order valence-corrected chi connectivity index (χ2v) is 6.39. The molecule has 27 heavy (non-hydrogen) atoms. The predicted octanol–water partition coefficient (Wildman–Crippen LogP) is 2.44. The maximum absolute atomic E-state index is 11.6. The number of aliphatic hydroxyl groups is 1. The van der Waals surface area contributed by atoms with Crippen LogP contribution < -0.4 is 0 Å². The van der Waals surface area contributed by atoms with Crippen molar-refractivity contribution in [1.82, 2.24) is 0 Å². The van der Waals surface area contributed by atoms with Gasteiger partial charge in [-0.05, 0) is 11.1 Å². The van der Waals surface area contributed by atoms with Crippen molar-refractivity contribution in [1.29, 1.82) is 0 Å². The van der Waals surface area contributed by atoms with Crippen molar-refractivity contribution >= 4 is 5.97 Å². The van der Waals surface area contributed by atoms with Gasteiger partial charge in [-0.15, -0.1) is 0 Å². The van der Waals surface area contributed by atoms with Crippen molar-refractivity contribution in [2.45, 2.75) is 44.7 Å². The van der Waals surface area contributed by atoms with Gasteiger partial charge in [-0.3, -0.25) is 4.79 Å². The Morgan fingerprint density at radius 2 is 1.52 bits per heavy atom. The summed E-state index contributed by atoms with van der Waals surface area (Å²) in [5, 5.41) is 10.2. The zero-order chi connectivity index (χ0) is 19.1. The smallest absolute Gasteiger partial charge is 0.303 e. The Kier molecular flexibility index (Phi) is 6.95. The Labute approximate surface area is 158 Å². The number of carbonyl (C=O) groups excluding carboxylic acids is 1. The molecule has 0 radical (unpaired) electrons. The van der Waals surface area contributed by atoms with Crippen LogP contribution in [0.3, 0.4) is 0 Å². The second-order valence-electron chi connectivity index (χ2n) is 6.39. The summed E-state index contributed by atoms with van der Waals surface area (Å²) in [4.78, 5) is 11.6. The Morgan fingerprint density at radius 1 is 0.963 bits per heavy atom. The Hall–Kier alpha value is -2.25. The lowest BCUT2D eigenvalue weighted by Crippen LogP contribution is -2.56. The zero-order valence-electron chi connectivity index (χ0n) is 15.2. The molecule has 1 fully saturated rings. The van der Waals surface area contributed by atoms with Gasteiger partial charge in [0.05, 0.1) is 19.8 Å². The maximum Gasteiger partial charge on any atom is 0.303 e. The van der Waals surface area contributed by atoms with E-state index in [4.69, 9.17) is 18.9 Å². The van der Waals surface area contributed by atoms with E-state index in [1.54, 1.807) is 0 Å². The highest BCUT2D eigenvalue weighted by molar-refractivity contribution is 5.66. The number of hydrogen-bond donors (Lipinski definition) is 1. The maximum atomic E-state index is 11.6. The van der Waals surface area contributed by atoms with E-state index in [1.807, 2.05) is 60.7 Å². The average Bonchev–Trinajstić information content (AvgIpc) is 2.68. The summed E-state index contributed by atoms with van der Waals surface area (Å²) in [5.41, 5.74) is 1.94. The molecule has 3 rings (SSSR count). The summed E-state index contributed by atoms with van der Waals surface area (Å²) in [6, 6.07) is 19.2. The molecule has 1 aliphatic rings. The van der Waals surface area contributed by atoms with Crippen molar-refractivity contribution < 1.29 is 28.8 Å². The Morgan fingerprint density at radius 3 is 2.07 bits per heavy atom. The molecule has 0 amide bonds. The highest BCUT2D eigenvalue weighted by Gasteiger charge is 2.43. The number of carbonyl (C=O) groups is 1. The molecule has 1 aliphatic heterocycles. The van der Waals surface area contributed by atoms with E-state index in [0.29, 0.717) is 6.61 Å². The number of ether oxygens (including phenoxy) is 4. The fourth-order valence-corrected chi connectivity index (χ4v) is 2.96. The summed E-state index contributed by atoms with van der Waals surface area (Å²) in [6.07, 6.45) is -3.35. The molecule has 0 aliphatic carbocycles. The van der Waals surface area contributed by atoms with Gasteiger partial charge in [0.15, 0.2) is 12.4 Å². The molecule has 6 nitrogen and oxygen atoms in total. The number of rotatable bonds is 7. The van der Waals surface area contributed by atoms with Gasteiger partial charge in [0.2, 0.25) is 0 Å². The van der Waals surface area contributed by atoms with E-state index in [9.17, 15) is 9.90 Å². The van der Waals surface area contributed by atoms with E-state index < -0.39 is 30.6 Å². The van der Waals surface area contributed by atoms with E-state index in [2.05, 4.69) is 0 Å². The standard InChI is InChI=1S/C21H24O6/c1-15(22)27-19-18(24-12-16-8-4-2-5-9-16)14-26-21(23)20(19)25-13-17-10-6-3-7-11-17/h2-11,18-21,23H,12-14H2,1H3/t18-,19+,20-,21+/m1/s1. The lowest BCUT2D eigenvalue weighted by Gasteiger charge is -2.39. The first-order chi connectivity index (χ1) is 13.1. The molecule has 6 heteroatoms. The van der Waals surface area contributed by atoms with E-state index in [1.165, 1.54) is 6.92 Å². The third-order valence-corrected chi connectivity index (χ3v) is 4.30. The fraction of sp³-hybridized carbons (Fsp3) is 0.381. The molecule has 0 aromatic heterocycles. The van der Waals surface area contributed by atoms with Crippen LogP contribution in [0.15, 0.2) is 60.7 Å². The van der Waals surface area contributed by atoms with Crippen molar-refractivity contribution in [2.24, 2.45) is 0 Å². The van der Waals surface area contributed by atoms with E-state index >= 15 is 0 Å². The number of aliphatic hydroxyl groups excluding tert-OH is 1. The van der Waals surface area contributed by atoms with Crippen LogP contribution in [0.1, 0.15) is 18.1 Å². The van der Waals surface area contributed by atoms with Crippen molar-refractivity contribution in [3.05, 3.63) is 71.8 Å². The quantitative estimate of drug-likeness (QED) is 0.753. The SMILES string of the molecule is CC(=O)O[C@@H]1[C@@H](OCc2ccccc2)[C@@H](O)OC[C@H]1OCc1ccccc1. The molecular weight excluding hydrogens is 348 g/mol. The van der Waals surface area contributed by atoms with Gasteiger partial charge >= 0.3 is 5.97 Å². The number of benzene rings is 2. The summed E-state index contributed by atoms with van der Waals surface area (Å²) in [7, 11) is 0. The van der Waals surface area contributed by atoms with Gasteiger partial charge in [0.1, 0.15) is 12.2 Å².